The molecular weight excluding hydrogens is 194 g/mol. The van der Waals surface area contributed by atoms with Gasteiger partial charge in [-0.05, 0) is 19.2 Å². The van der Waals surface area contributed by atoms with Crippen molar-refractivity contribution in [1.29, 1.82) is 0 Å². The highest BCUT2D eigenvalue weighted by Crippen LogP contribution is 1.95. The van der Waals surface area contributed by atoms with E-state index in [-0.39, 0.29) is 6.61 Å². The van der Waals surface area contributed by atoms with Crippen LogP contribution in [0.15, 0.2) is 24.4 Å². The minimum atomic E-state index is -0.420. The number of ether oxygens (including phenoxy) is 1. The number of aromatic nitrogens is 1. The molecule has 0 aliphatic carbocycles. The summed E-state index contributed by atoms with van der Waals surface area (Å²) in [6.07, 6.45) is 1.24. The number of hydrogen-bond donors (Lipinski definition) is 2. The molecule has 0 saturated carbocycles. The Morgan fingerprint density at radius 2 is 2.33 bits per heavy atom. The fourth-order valence-electron chi connectivity index (χ4n) is 0.964. The first-order valence-corrected chi connectivity index (χ1v) is 4.78. The van der Waals surface area contributed by atoms with Crippen molar-refractivity contribution in [2.45, 2.75) is 6.61 Å². The molecule has 0 aromatic carbocycles. The number of nitrogens with zero attached hydrogens (tertiary/aromatic N) is 1. The van der Waals surface area contributed by atoms with Crippen molar-refractivity contribution in [3.05, 3.63) is 30.1 Å². The van der Waals surface area contributed by atoms with Crippen LogP contribution >= 0.6 is 0 Å². The van der Waals surface area contributed by atoms with Gasteiger partial charge in [0.25, 0.3) is 0 Å². The molecule has 1 amide bonds. The van der Waals surface area contributed by atoms with Gasteiger partial charge in [0.1, 0.15) is 6.61 Å². The quantitative estimate of drug-likeness (QED) is 0.694. The third kappa shape index (κ3) is 4.97. The number of likely N-dealkylation sites (N-methyl/N-ethyl adjacent to an activating group) is 1. The first-order valence-electron chi connectivity index (χ1n) is 4.78. The zero-order valence-electron chi connectivity index (χ0n) is 8.69. The molecular formula is C10H15N3O2. The summed E-state index contributed by atoms with van der Waals surface area (Å²) in [4.78, 5) is 15.1. The van der Waals surface area contributed by atoms with Crippen molar-refractivity contribution >= 4 is 6.09 Å². The Morgan fingerprint density at radius 1 is 1.47 bits per heavy atom. The monoisotopic (exact) mass is 209 g/mol. The molecule has 0 atom stereocenters. The molecule has 1 rings (SSSR count). The van der Waals surface area contributed by atoms with Crippen LogP contribution in [-0.2, 0) is 11.3 Å². The number of alkyl carbamates (subject to hydrolysis) is 1. The Hall–Kier alpha value is -1.62. The van der Waals surface area contributed by atoms with Crippen LogP contribution in [-0.4, -0.2) is 31.2 Å². The maximum Gasteiger partial charge on any atom is 0.407 e. The van der Waals surface area contributed by atoms with Crippen molar-refractivity contribution in [1.82, 2.24) is 15.6 Å². The molecule has 0 bridgehead atoms. The van der Waals surface area contributed by atoms with E-state index in [1.807, 2.05) is 19.2 Å². The smallest absolute Gasteiger partial charge is 0.407 e. The van der Waals surface area contributed by atoms with Crippen LogP contribution in [0.2, 0.25) is 0 Å². The molecule has 0 fully saturated rings. The Labute approximate surface area is 88.9 Å². The van der Waals surface area contributed by atoms with Crippen LogP contribution in [0.5, 0.6) is 0 Å². The summed E-state index contributed by atoms with van der Waals surface area (Å²) in [6.45, 7) is 1.47. The molecule has 15 heavy (non-hydrogen) atoms. The molecule has 5 heteroatoms. The molecule has 1 heterocycles. The van der Waals surface area contributed by atoms with Gasteiger partial charge in [0.15, 0.2) is 0 Å². The highest BCUT2D eigenvalue weighted by Gasteiger charge is 2.01. The lowest BCUT2D eigenvalue weighted by molar-refractivity contribution is 0.138. The lowest BCUT2D eigenvalue weighted by Crippen LogP contribution is -2.30. The minimum absolute atomic E-state index is 0.201. The number of carbonyl (C=O) groups excluding carboxylic acids is 1. The first-order chi connectivity index (χ1) is 7.33. The molecule has 0 aliphatic rings. The molecule has 82 valence electrons. The second-order valence-electron chi connectivity index (χ2n) is 2.93. The van der Waals surface area contributed by atoms with Gasteiger partial charge in [-0.2, -0.15) is 0 Å². The fraction of sp³-hybridized carbons (Fsp3) is 0.400. The Balaban J connectivity index is 2.17. The predicted molar refractivity (Wildman–Crippen MR) is 56.4 cm³/mol. The molecule has 1 aromatic rings. The zero-order valence-corrected chi connectivity index (χ0v) is 8.69. The molecule has 0 aliphatic heterocycles. The minimum Gasteiger partial charge on any atom is -0.443 e. The predicted octanol–water partition coefficient (Wildman–Crippen LogP) is 0.527. The van der Waals surface area contributed by atoms with Gasteiger partial charge < -0.3 is 15.4 Å². The van der Waals surface area contributed by atoms with E-state index >= 15 is 0 Å². The number of hydrogen-bond acceptors (Lipinski definition) is 4. The third-order valence-electron chi connectivity index (χ3n) is 1.72. The Morgan fingerprint density at radius 3 is 3.00 bits per heavy atom. The second-order valence-corrected chi connectivity index (χ2v) is 2.93. The topological polar surface area (TPSA) is 63.2 Å². The SMILES string of the molecule is CNCCNC(=O)OCc1ccccn1. The van der Waals surface area contributed by atoms with E-state index in [0.717, 1.165) is 12.2 Å². The highest BCUT2D eigenvalue weighted by atomic mass is 16.5. The van der Waals surface area contributed by atoms with Gasteiger partial charge >= 0.3 is 6.09 Å². The normalized spacial score (nSPS) is 9.67. The van der Waals surface area contributed by atoms with Gasteiger partial charge in [0.2, 0.25) is 0 Å². The fourth-order valence-corrected chi connectivity index (χ4v) is 0.964. The molecule has 1 aromatic heterocycles. The van der Waals surface area contributed by atoms with Gasteiger partial charge in [-0.3, -0.25) is 4.98 Å². The van der Waals surface area contributed by atoms with Gasteiger partial charge in [-0.25, -0.2) is 4.79 Å². The summed E-state index contributed by atoms with van der Waals surface area (Å²) in [5.74, 6) is 0. The van der Waals surface area contributed by atoms with Gasteiger partial charge in [0, 0.05) is 19.3 Å². The maximum absolute atomic E-state index is 11.1. The molecule has 2 N–H and O–H groups in total. The third-order valence-corrected chi connectivity index (χ3v) is 1.72. The van der Waals surface area contributed by atoms with E-state index in [2.05, 4.69) is 15.6 Å². The van der Waals surface area contributed by atoms with Crippen molar-refractivity contribution in [3.8, 4) is 0 Å². The number of nitrogens with one attached hydrogen (secondary N) is 2. The van der Waals surface area contributed by atoms with Crippen LogP contribution in [0.1, 0.15) is 5.69 Å². The average molecular weight is 209 g/mol. The van der Waals surface area contributed by atoms with Gasteiger partial charge in [-0.1, -0.05) is 6.07 Å². The van der Waals surface area contributed by atoms with E-state index in [1.165, 1.54) is 0 Å². The molecule has 0 saturated heterocycles. The lowest BCUT2D eigenvalue weighted by atomic mass is 10.4. The van der Waals surface area contributed by atoms with Crippen molar-refractivity contribution in [2.24, 2.45) is 0 Å². The maximum atomic E-state index is 11.1. The molecule has 0 radical (unpaired) electrons. The Kier molecular flexibility index (Phi) is 5.18. The standard InChI is InChI=1S/C10H15N3O2/c1-11-6-7-13-10(14)15-8-9-4-2-3-5-12-9/h2-5,11H,6-8H2,1H3,(H,13,14). The van der Waals surface area contributed by atoms with Crippen LogP contribution in [0.3, 0.4) is 0 Å². The molecule has 0 unspecified atom stereocenters. The van der Waals surface area contributed by atoms with Gasteiger partial charge in [-0.15, -0.1) is 0 Å². The summed E-state index contributed by atoms with van der Waals surface area (Å²) < 4.78 is 4.93. The summed E-state index contributed by atoms with van der Waals surface area (Å²) in [6, 6.07) is 5.47. The molecule has 0 spiro atoms. The van der Waals surface area contributed by atoms with Crippen LogP contribution in [0.4, 0.5) is 4.79 Å². The summed E-state index contributed by atoms with van der Waals surface area (Å²) >= 11 is 0. The van der Waals surface area contributed by atoms with Crippen molar-refractivity contribution in [2.75, 3.05) is 20.1 Å². The number of amides is 1. The highest BCUT2D eigenvalue weighted by molar-refractivity contribution is 5.67. The van der Waals surface area contributed by atoms with Crippen LogP contribution in [0.25, 0.3) is 0 Å². The average Bonchev–Trinajstić information content (AvgIpc) is 2.28. The summed E-state index contributed by atoms with van der Waals surface area (Å²) in [5, 5.41) is 5.52. The van der Waals surface area contributed by atoms with E-state index in [9.17, 15) is 4.79 Å². The molecule has 5 nitrogen and oxygen atoms in total. The number of rotatable bonds is 5. The number of carbonyl (C=O) groups is 1. The van der Waals surface area contributed by atoms with E-state index < -0.39 is 6.09 Å². The van der Waals surface area contributed by atoms with Crippen LogP contribution in [0, 0.1) is 0 Å². The largest absolute Gasteiger partial charge is 0.443 e. The summed E-state index contributed by atoms with van der Waals surface area (Å²) in [5.41, 5.74) is 0.737. The zero-order chi connectivity index (χ0) is 10.9. The van der Waals surface area contributed by atoms with E-state index in [0.29, 0.717) is 6.54 Å². The van der Waals surface area contributed by atoms with E-state index in [4.69, 9.17) is 4.74 Å². The van der Waals surface area contributed by atoms with Crippen molar-refractivity contribution in [3.63, 3.8) is 0 Å². The summed E-state index contributed by atoms with van der Waals surface area (Å²) in [7, 11) is 1.82. The Bertz CT molecular complexity index is 290. The lowest BCUT2D eigenvalue weighted by Gasteiger charge is -2.05. The first kappa shape index (κ1) is 11.5. The second kappa shape index (κ2) is 6.78. The van der Waals surface area contributed by atoms with Crippen LogP contribution < -0.4 is 10.6 Å². The van der Waals surface area contributed by atoms with Gasteiger partial charge in [0.05, 0.1) is 5.69 Å². The van der Waals surface area contributed by atoms with E-state index in [1.54, 1.807) is 12.3 Å². The van der Waals surface area contributed by atoms with Crippen molar-refractivity contribution < 1.29 is 9.53 Å². The number of pyridine rings is 1.